The van der Waals surface area contributed by atoms with E-state index in [1.807, 2.05) is 60.7 Å². The van der Waals surface area contributed by atoms with Gasteiger partial charge in [-0.25, -0.2) is 4.79 Å². The minimum Gasteiger partial charge on any atom is -0.497 e. The molecule has 0 aliphatic carbocycles. The average Bonchev–Trinajstić information content (AvgIpc) is 3.00. The van der Waals surface area contributed by atoms with Crippen molar-refractivity contribution in [3.05, 3.63) is 71.8 Å². The van der Waals surface area contributed by atoms with Crippen molar-refractivity contribution in [2.24, 2.45) is 0 Å². The fourth-order valence-corrected chi connectivity index (χ4v) is 3.48. The minimum absolute atomic E-state index is 0.0935. The molecule has 3 aromatic carbocycles. The van der Waals surface area contributed by atoms with Crippen LogP contribution in [0.15, 0.2) is 60.7 Å². The van der Waals surface area contributed by atoms with Crippen LogP contribution in [0.5, 0.6) is 11.6 Å². The molecule has 1 aromatic heterocycles. The number of carbonyl (C=O) groups excluding carboxylic acids is 1. The Hall–Kier alpha value is -3.47. The Balaban J connectivity index is 1.98. The normalized spacial score (nSPS) is 11.0. The monoisotopic (exact) mass is 361 g/mol. The van der Waals surface area contributed by atoms with Gasteiger partial charge in [0.25, 0.3) is 0 Å². The van der Waals surface area contributed by atoms with Crippen molar-refractivity contribution in [2.75, 3.05) is 14.2 Å². The van der Waals surface area contributed by atoms with Crippen molar-refractivity contribution in [2.45, 2.75) is 6.54 Å². The van der Waals surface area contributed by atoms with Crippen molar-refractivity contribution in [1.29, 1.82) is 0 Å². The maximum absolute atomic E-state index is 12.3. The zero-order chi connectivity index (χ0) is 19.0. The maximum Gasteiger partial charge on any atom is 0.344 e. The lowest BCUT2D eigenvalue weighted by atomic mass is 10.1. The van der Waals surface area contributed by atoms with E-state index in [1.165, 1.54) is 7.11 Å². The molecule has 0 amide bonds. The zero-order valence-corrected chi connectivity index (χ0v) is 15.1. The lowest BCUT2D eigenvalue weighted by Gasteiger charge is -2.10. The molecular weight excluding hydrogens is 342 g/mol. The number of esters is 1. The fraction of sp³-hybridized carbons (Fsp3) is 0.136. The molecule has 0 saturated carbocycles. The van der Waals surface area contributed by atoms with Gasteiger partial charge in [-0.2, -0.15) is 0 Å². The standard InChI is InChI=1S/C22H19NO4/c1-26-16-10-7-14(8-11-16)13-23-20-17-6-4-3-5-15(17)9-12-18(20)19(21(23)24)22(25)27-2/h3-12,24H,13H2,1-2H3. The van der Waals surface area contributed by atoms with Crippen LogP contribution in [0.2, 0.25) is 0 Å². The van der Waals surface area contributed by atoms with Gasteiger partial charge in [-0.05, 0) is 23.1 Å². The molecule has 0 spiro atoms. The van der Waals surface area contributed by atoms with Crippen molar-refractivity contribution < 1.29 is 19.4 Å². The highest BCUT2D eigenvalue weighted by Crippen LogP contribution is 2.37. The van der Waals surface area contributed by atoms with Gasteiger partial charge in [0.1, 0.15) is 11.3 Å². The third kappa shape index (κ3) is 2.77. The van der Waals surface area contributed by atoms with Gasteiger partial charge < -0.3 is 19.1 Å². The largest absolute Gasteiger partial charge is 0.497 e. The summed E-state index contributed by atoms with van der Waals surface area (Å²) in [6.07, 6.45) is 0. The van der Waals surface area contributed by atoms with E-state index in [0.717, 1.165) is 27.6 Å². The number of fused-ring (bicyclic) bond motifs is 3. The highest BCUT2D eigenvalue weighted by Gasteiger charge is 2.24. The SMILES string of the molecule is COC(=O)c1c(O)n(Cc2ccc(OC)cc2)c2c1ccc1ccccc12. The second-order valence-corrected chi connectivity index (χ2v) is 6.31. The summed E-state index contributed by atoms with van der Waals surface area (Å²) in [5.41, 5.74) is 1.97. The molecule has 0 saturated heterocycles. The summed E-state index contributed by atoms with van der Waals surface area (Å²) >= 11 is 0. The van der Waals surface area contributed by atoms with E-state index >= 15 is 0 Å². The van der Waals surface area contributed by atoms with Crippen LogP contribution in [-0.2, 0) is 11.3 Å². The fourth-order valence-electron chi connectivity index (χ4n) is 3.48. The number of aromatic nitrogens is 1. The first kappa shape index (κ1) is 17.0. The van der Waals surface area contributed by atoms with Crippen molar-refractivity contribution >= 4 is 27.6 Å². The summed E-state index contributed by atoms with van der Waals surface area (Å²) in [6.45, 7) is 0.414. The molecule has 4 aromatic rings. The van der Waals surface area contributed by atoms with Gasteiger partial charge in [0.05, 0.1) is 26.3 Å². The Kier molecular flexibility index (Phi) is 4.20. The van der Waals surface area contributed by atoms with E-state index < -0.39 is 5.97 Å². The number of hydrogen-bond acceptors (Lipinski definition) is 4. The molecule has 5 nitrogen and oxygen atoms in total. The summed E-state index contributed by atoms with van der Waals surface area (Å²) in [5.74, 6) is 0.117. The predicted octanol–water partition coefficient (Wildman–Crippen LogP) is 4.34. The van der Waals surface area contributed by atoms with Gasteiger partial charge in [0.2, 0.25) is 5.88 Å². The first-order valence-electron chi connectivity index (χ1n) is 8.58. The number of aromatic hydroxyl groups is 1. The number of rotatable bonds is 4. The van der Waals surface area contributed by atoms with Gasteiger partial charge >= 0.3 is 5.97 Å². The van der Waals surface area contributed by atoms with E-state index in [2.05, 4.69) is 0 Å². The van der Waals surface area contributed by atoms with Gasteiger partial charge in [0.15, 0.2) is 0 Å². The molecule has 0 unspecified atom stereocenters. The van der Waals surface area contributed by atoms with Crippen LogP contribution in [0.3, 0.4) is 0 Å². The van der Waals surface area contributed by atoms with Crippen LogP contribution in [0.25, 0.3) is 21.7 Å². The zero-order valence-electron chi connectivity index (χ0n) is 15.1. The third-order valence-corrected chi connectivity index (χ3v) is 4.81. The molecule has 0 atom stereocenters. The summed E-state index contributed by atoms with van der Waals surface area (Å²) in [6, 6.07) is 19.3. The Labute approximate surface area is 156 Å². The van der Waals surface area contributed by atoms with E-state index in [1.54, 1.807) is 11.7 Å². The number of hydrogen-bond donors (Lipinski definition) is 1. The average molecular weight is 361 g/mol. The number of nitrogens with zero attached hydrogens (tertiary/aromatic N) is 1. The summed E-state index contributed by atoms with van der Waals surface area (Å²) in [5, 5.41) is 13.5. The first-order chi connectivity index (χ1) is 13.1. The smallest absolute Gasteiger partial charge is 0.344 e. The van der Waals surface area contributed by atoms with Crippen LogP contribution >= 0.6 is 0 Å². The van der Waals surface area contributed by atoms with Gasteiger partial charge in [-0.1, -0.05) is 48.5 Å². The molecule has 4 rings (SSSR count). The van der Waals surface area contributed by atoms with E-state index in [4.69, 9.17) is 9.47 Å². The van der Waals surface area contributed by atoms with E-state index in [-0.39, 0.29) is 11.4 Å². The minimum atomic E-state index is -0.554. The summed E-state index contributed by atoms with van der Waals surface area (Å²) in [7, 11) is 2.94. The van der Waals surface area contributed by atoms with Gasteiger partial charge in [-0.15, -0.1) is 0 Å². The first-order valence-corrected chi connectivity index (χ1v) is 8.58. The second kappa shape index (κ2) is 6.68. The third-order valence-electron chi connectivity index (χ3n) is 4.81. The van der Waals surface area contributed by atoms with Crippen molar-refractivity contribution in [3.8, 4) is 11.6 Å². The second-order valence-electron chi connectivity index (χ2n) is 6.31. The van der Waals surface area contributed by atoms with Crippen molar-refractivity contribution in [3.63, 3.8) is 0 Å². The molecule has 27 heavy (non-hydrogen) atoms. The lowest BCUT2D eigenvalue weighted by molar-refractivity contribution is 0.0599. The number of benzene rings is 3. The predicted molar refractivity (Wildman–Crippen MR) is 105 cm³/mol. The lowest BCUT2D eigenvalue weighted by Crippen LogP contribution is -2.03. The van der Waals surface area contributed by atoms with E-state index in [0.29, 0.717) is 11.9 Å². The Bertz CT molecular complexity index is 1140. The van der Waals surface area contributed by atoms with Crippen LogP contribution < -0.4 is 4.74 Å². The maximum atomic E-state index is 12.3. The van der Waals surface area contributed by atoms with Crippen LogP contribution in [-0.4, -0.2) is 29.9 Å². The van der Waals surface area contributed by atoms with Crippen LogP contribution in [0.1, 0.15) is 15.9 Å². The summed E-state index contributed by atoms with van der Waals surface area (Å²) in [4.78, 5) is 12.3. The Morgan fingerprint density at radius 2 is 1.70 bits per heavy atom. The quantitative estimate of drug-likeness (QED) is 0.549. The molecule has 0 radical (unpaired) electrons. The molecule has 1 N–H and O–H groups in total. The van der Waals surface area contributed by atoms with Gasteiger partial charge in [-0.3, -0.25) is 0 Å². The summed E-state index contributed by atoms with van der Waals surface area (Å²) < 4.78 is 11.9. The molecule has 0 bridgehead atoms. The molecule has 0 fully saturated rings. The number of carbonyl (C=O) groups is 1. The van der Waals surface area contributed by atoms with Gasteiger partial charge in [0, 0.05) is 10.8 Å². The molecule has 136 valence electrons. The Morgan fingerprint density at radius 1 is 0.963 bits per heavy atom. The van der Waals surface area contributed by atoms with E-state index in [9.17, 15) is 9.90 Å². The molecule has 0 aliphatic heterocycles. The Morgan fingerprint density at radius 3 is 2.41 bits per heavy atom. The molecule has 0 aliphatic rings. The molecule has 1 heterocycles. The highest BCUT2D eigenvalue weighted by atomic mass is 16.5. The highest BCUT2D eigenvalue weighted by molar-refractivity contribution is 6.15. The molecule has 5 heteroatoms. The van der Waals surface area contributed by atoms with Crippen molar-refractivity contribution in [1.82, 2.24) is 4.57 Å². The van der Waals surface area contributed by atoms with Crippen LogP contribution in [0, 0.1) is 0 Å². The topological polar surface area (TPSA) is 60.7 Å². The molecular formula is C22H19NO4. The number of methoxy groups -OCH3 is 2. The number of ether oxygens (including phenoxy) is 2. The van der Waals surface area contributed by atoms with Crippen LogP contribution in [0.4, 0.5) is 0 Å².